The molecule has 1 heterocycles. The summed E-state index contributed by atoms with van der Waals surface area (Å²) in [5, 5.41) is 2.94. The highest BCUT2D eigenvalue weighted by Crippen LogP contribution is 2.25. The Morgan fingerprint density at radius 1 is 1.43 bits per heavy atom. The second-order valence-electron chi connectivity index (χ2n) is 5.09. The van der Waals surface area contributed by atoms with Crippen LogP contribution >= 0.6 is 11.6 Å². The summed E-state index contributed by atoms with van der Waals surface area (Å²) < 4.78 is 18.4. The van der Waals surface area contributed by atoms with E-state index in [1.165, 1.54) is 12.1 Å². The first-order valence-corrected chi connectivity index (χ1v) is 7.72. The van der Waals surface area contributed by atoms with Gasteiger partial charge in [-0.15, -0.1) is 0 Å². The van der Waals surface area contributed by atoms with Gasteiger partial charge < -0.3 is 10.1 Å². The fraction of sp³-hybridized carbons (Fsp3) is 0.294. The van der Waals surface area contributed by atoms with Crippen molar-refractivity contribution in [3.63, 3.8) is 0 Å². The first-order chi connectivity index (χ1) is 11.1. The molecule has 0 bridgehead atoms. The van der Waals surface area contributed by atoms with Gasteiger partial charge in [0, 0.05) is 18.9 Å². The average molecular weight is 337 g/mol. The van der Waals surface area contributed by atoms with Gasteiger partial charge in [0.1, 0.15) is 11.6 Å². The molecule has 1 atom stereocenters. The molecular weight excluding hydrogens is 319 g/mol. The van der Waals surface area contributed by atoms with Gasteiger partial charge >= 0.3 is 0 Å². The normalized spacial score (nSPS) is 11.8. The van der Waals surface area contributed by atoms with Crippen molar-refractivity contribution in [2.75, 3.05) is 6.54 Å². The van der Waals surface area contributed by atoms with Gasteiger partial charge in [0.05, 0.1) is 5.02 Å². The number of amides is 1. The maximum absolute atomic E-state index is 13.0. The average Bonchev–Trinajstić information content (AvgIpc) is 2.55. The number of benzene rings is 1. The molecule has 2 aromatic rings. The van der Waals surface area contributed by atoms with E-state index in [-0.39, 0.29) is 16.7 Å². The van der Waals surface area contributed by atoms with Crippen molar-refractivity contribution in [2.24, 2.45) is 0 Å². The Hall–Kier alpha value is -2.14. The molecule has 6 heteroatoms. The van der Waals surface area contributed by atoms with Crippen LogP contribution in [0.1, 0.15) is 18.9 Å². The summed E-state index contributed by atoms with van der Waals surface area (Å²) in [7, 11) is 0. The molecule has 0 aliphatic rings. The number of halogens is 2. The van der Waals surface area contributed by atoms with Gasteiger partial charge in [-0.3, -0.25) is 9.78 Å². The van der Waals surface area contributed by atoms with Crippen molar-refractivity contribution in [3.8, 4) is 5.75 Å². The highest BCUT2D eigenvalue weighted by Gasteiger charge is 2.15. The molecule has 1 unspecified atom stereocenters. The van der Waals surface area contributed by atoms with Gasteiger partial charge in [0.25, 0.3) is 5.91 Å². The Morgan fingerprint density at radius 3 is 2.96 bits per heavy atom. The number of aromatic nitrogens is 1. The first kappa shape index (κ1) is 17.2. The lowest BCUT2D eigenvalue weighted by Crippen LogP contribution is -2.37. The molecule has 0 fully saturated rings. The van der Waals surface area contributed by atoms with Gasteiger partial charge in [-0.05, 0) is 49.6 Å². The zero-order valence-electron chi connectivity index (χ0n) is 12.8. The van der Waals surface area contributed by atoms with E-state index in [0.717, 1.165) is 24.5 Å². The minimum absolute atomic E-state index is 0.140. The smallest absolute Gasteiger partial charge is 0.260 e. The number of ether oxygens (including phenoxy) is 1. The van der Waals surface area contributed by atoms with E-state index in [2.05, 4.69) is 10.3 Å². The Balaban J connectivity index is 1.74. The molecule has 0 saturated heterocycles. The zero-order chi connectivity index (χ0) is 16.7. The summed E-state index contributed by atoms with van der Waals surface area (Å²) in [6, 6.07) is 7.67. The molecule has 0 aliphatic heterocycles. The van der Waals surface area contributed by atoms with Crippen LogP contribution in [0.4, 0.5) is 4.39 Å². The Labute approximate surface area is 139 Å². The van der Waals surface area contributed by atoms with Crippen molar-refractivity contribution >= 4 is 17.5 Å². The summed E-state index contributed by atoms with van der Waals surface area (Å²) in [6.07, 6.45) is 4.47. The molecule has 122 valence electrons. The molecule has 23 heavy (non-hydrogen) atoms. The predicted octanol–water partition coefficient (Wildman–Crippen LogP) is 3.39. The molecule has 4 nitrogen and oxygen atoms in total. The van der Waals surface area contributed by atoms with Gasteiger partial charge in [0.15, 0.2) is 6.10 Å². The molecule has 2 rings (SSSR count). The molecule has 1 amide bonds. The number of carbonyl (C=O) groups excluding carboxylic acids is 1. The Bertz CT molecular complexity index is 652. The SMILES string of the molecule is CC(Oc1ccc(F)cc1Cl)C(=O)NCCCc1cccnc1. The largest absolute Gasteiger partial charge is 0.479 e. The van der Waals surface area contributed by atoms with Crippen molar-refractivity contribution in [2.45, 2.75) is 25.9 Å². The topological polar surface area (TPSA) is 51.2 Å². The van der Waals surface area contributed by atoms with Crippen LogP contribution in [0.2, 0.25) is 5.02 Å². The summed E-state index contributed by atoms with van der Waals surface area (Å²) in [6.45, 7) is 2.16. The Morgan fingerprint density at radius 2 is 2.26 bits per heavy atom. The van der Waals surface area contributed by atoms with Crippen molar-refractivity contribution in [3.05, 3.63) is 59.1 Å². The lowest BCUT2D eigenvalue weighted by molar-refractivity contribution is -0.127. The standard InChI is InChI=1S/C17H18ClFN2O2/c1-12(23-16-7-6-14(19)10-15(16)18)17(22)21-9-3-5-13-4-2-8-20-11-13/h2,4,6-8,10-12H,3,5,9H2,1H3,(H,21,22). The number of aryl methyl sites for hydroxylation is 1. The molecule has 1 aromatic carbocycles. The Kier molecular flexibility index (Phi) is 6.35. The zero-order valence-corrected chi connectivity index (χ0v) is 13.5. The van der Waals surface area contributed by atoms with Crippen LogP contribution in [0.3, 0.4) is 0 Å². The van der Waals surface area contributed by atoms with Crippen LogP contribution < -0.4 is 10.1 Å². The summed E-state index contributed by atoms with van der Waals surface area (Å²) in [4.78, 5) is 16.0. The van der Waals surface area contributed by atoms with Crippen LogP contribution in [0.25, 0.3) is 0 Å². The first-order valence-electron chi connectivity index (χ1n) is 7.34. The van der Waals surface area contributed by atoms with E-state index in [1.807, 2.05) is 18.3 Å². The molecule has 1 aromatic heterocycles. The number of nitrogens with one attached hydrogen (secondary N) is 1. The van der Waals surface area contributed by atoms with Crippen LogP contribution in [0.15, 0.2) is 42.7 Å². The number of hydrogen-bond acceptors (Lipinski definition) is 3. The molecular formula is C17H18ClFN2O2. The minimum Gasteiger partial charge on any atom is -0.479 e. The van der Waals surface area contributed by atoms with E-state index < -0.39 is 11.9 Å². The number of rotatable bonds is 7. The lowest BCUT2D eigenvalue weighted by atomic mass is 10.1. The highest BCUT2D eigenvalue weighted by atomic mass is 35.5. The summed E-state index contributed by atoms with van der Waals surface area (Å²) in [5.41, 5.74) is 1.13. The van der Waals surface area contributed by atoms with Crippen molar-refractivity contribution in [1.29, 1.82) is 0 Å². The highest BCUT2D eigenvalue weighted by molar-refractivity contribution is 6.32. The summed E-state index contributed by atoms with van der Waals surface area (Å²) >= 11 is 5.87. The van der Waals surface area contributed by atoms with E-state index in [9.17, 15) is 9.18 Å². The van der Waals surface area contributed by atoms with Crippen LogP contribution in [0, 0.1) is 5.82 Å². The molecule has 0 spiro atoms. The van der Waals surface area contributed by atoms with Gasteiger partial charge in [-0.25, -0.2) is 4.39 Å². The fourth-order valence-corrected chi connectivity index (χ4v) is 2.22. The van der Waals surface area contributed by atoms with Crippen molar-refractivity contribution < 1.29 is 13.9 Å². The molecule has 1 N–H and O–H groups in total. The van der Waals surface area contributed by atoms with E-state index in [1.54, 1.807) is 13.1 Å². The maximum Gasteiger partial charge on any atom is 0.260 e. The second kappa shape index (κ2) is 8.48. The monoisotopic (exact) mass is 336 g/mol. The summed E-state index contributed by atoms with van der Waals surface area (Å²) in [5.74, 6) is -0.405. The number of carbonyl (C=O) groups is 1. The maximum atomic E-state index is 13.0. The van der Waals surface area contributed by atoms with Crippen LogP contribution in [-0.2, 0) is 11.2 Å². The number of nitrogens with zero attached hydrogens (tertiary/aromatic N) is 1. The second-order valence-corrected chi connectivity index (χ2v) is 5.50. The van der Waals surface area contributed by atoms with Gasteiger partial charge in [0.2, 0.25) is 0 Å². The van der Waals surface area contributed by atoms with E-state index in [4.69, 9.17) is 16.3 Å². The number of pyridine rings is 1. The molecule has 0 radical (unpaired) electrons. The number of hydrogen-bond donors (Lipinski definition) is 1. The predicted molar refractivity (Wildman–Crippen MR) is 87.1 cm³/mol. The van der Waals surface area contributed by atoms with Crippen LogP contribution in [0.5, 0.6) is 5.75 Å². The van der Waals surface area contributed by atoms with E-state index >= 15 is 0 Å². The van der Waals surface area contributed by atoms with E-state index in [0.29, 0.717) is 6.54 Å². The van der Waals surface area contributed by atoms with Gasteiger partial charge in [-0.1, -0.05) is 17.7 Å². The molecule has 0 saturated carbocycles. The third-order valence-electron chi connectivity index (χ3n) is 3.23. The fourth-order valence-electron chi connectivity index (χ4n) is 2.01. The third-order valence-corrected chi connectivity index (χ3v) is 3.53. The minimum atomic E-state index is -0.712. The van der Waals surface area contributed by atoms with Gasteiger partial charge in [-0.2, -0.15) is 0 Å². The van der Waals surface area contributed by atoms with Crippen LogP contribution in [-0.4, -0.2) is 23.5 Å². The third kappa shape index (κ3) is 5.53. The van der Waals surface area contributed by atoms with Crippen molar-refractivity contribution in [1.82, 2.24) is 10.3 Å². The quantitative estimate of drug-likeness (QED) is 0.788. The molecule has 0 aliphatic carbocycles. The lowest BCUT2D eigenvalue weighted by Gasteiger charge is -2.15.